The number of nitrogens with zero attached hydrogens (tertiary/aromatic N) is 4. The molecule has 1 fully saturated rings. The molecule has 2 aromatic heterocycles. The normalized spacial score (nSPS) is 17.6. The maximum absolute atomic E-state index is 12.4. The lowest BCUT2D eigenvalue weighted by Crippen LogP contribution is -2.20. The molecule has 1 aromatic carbocycles. The fraction of sp³-hybridized carbons (Fsp3) is 0.412. The van der Waals surface area contributed by atoms with Crippen molar-refractivity contribution in [3.63, 3.8) is 0 Å². The molecule has 0 aliphatic carbocycles. The molecule has 4 rings (SSSR count). The molecule has 3 heterocycles. The van der Waals surface area contributed by atoms with Gasteiger partial charge in [-0.1, -0.05) is 17.3 Å². The molecule has 24 heavy (non-hydrogen) atoms. The quantitative estimate of drug-likeness (QED) is 0.712. The van der Waals surface area contributed by atoms with Crippen LogP contribution in [0.5, 0.6) is 0 Å². The minimum Gasteiger partial charge on any atom is -0.381 e. The number of aryl methyl sites for hydroxylation is 2. The van der Waals surface area contributed by atoms with E-state index in [-0.39, 0.29) is 11.5 Å². The summed E-state index contributed by atoms with van der Waals surface area (Å²) in [7, 11) is 0. The number of hydrogen-bond donors (Lipinski definition) is 0. The summed E-state index contributed by atoms with van der Waals surface area (Å²) in [5.41, 5.74) is 0.703. The van der Waals surface area contributed by atoms with Gasteiger partial charge in [0.1, 0.15) is 0 Å². The zero-order chi connectivity index (χ0) is 16.4. The largest absolute Gasteiger partial charge is 0.381 e. The first kappa shape index (κ1) is 15.0. The van der Waals surface area contributed by atoms with Crippen molar-refractivity contribution in [3.05, 3.63) is 52.7 Å². The van der Waals surface area contributed by atoms with Crippen LogP contribution in [0.4, 0.5) is 0 Å². The molecule has 1 aliphatic rings. The SMILES string of the molecule is O=c1c2ccccc2ncn1CCCc1nc([C@@H]2CCOC2)no1. The molecule has 0 unspecified atom stereocenters. The van der Waals surface area contributed by atoms with Gasteiger partial charge in [-0.15, -0.1) is 0 Å². The topological polar surface area (TPSA) is 83.0 Å². The van der Waals surface area contributed by atoms with Crippen LogP contribution in [-0.2, 0) is 17.7 Å². The van der Waals surface area contributed by atoms with Crippen LogP contribution in [0.2, 0.25) is 0 Å². The lowest BCUT2D eigenvalue weighted by Gasteiger charge is -2.05. The van der Waals surface area contributed by atoms with Crippen molar-refractivity contribution in [3.8, 4) is 0 Å². The summed E-state index contributed by atoms with van der Waals surface area (Å²) in [6.45, 7) is 1.99. The van der Waals surface area contributed by atoms with E-state index >= 15 is 0 Å². The second-order valence-electron chi connectivity index (χ2n) is 5.97. The number of fused-ring (bicyclic) bond motifs is 1. The molecule has 0 N–H and O–H groups in total. The molecule has 1 saturated heterocycles. The Kier molecular flexibility index (Phi) is 4.08. The average molecular weight is 326 g/mol. The van der Waals surface area contributed by atoms with Crippen LogP contribution in [0, 0.1) is 0 Å². The van der Waals surface area contributed by atoms with E-state index in [9.17, 15) is 4.79 Å². The molecule has 3 aromatic rings. The summed E-state index contributed by atoms with van der Waals surface area (Å²) in [6, 6.07) is 7.37. The lowest BCUT2D eigenvalue weighted by atomic mass is 10.1. The molecule has 7 nitrogen and oxygen atoms in total. The fourth-order valence-corrected chi connectivity index (χ4v) is 2.94. The smallest absolute Gasteiger partial charge is 0.261 e. The van der Waals surface area contributed by atoms with Gasteiger partial charge in [0.05, 0.1) is 23.8 Å². The first-order chi connectivity index (χ1) is 11.8. The van der Waals surface area contributed by atoms with Gasteiger partial charge in [0.25, 0.3) is 5.56 Å². The summed E-state index contributed by atoms with van der Waals surface area (Å²) in [6.07, 6.45) is 3.92. The van der Waals surface area contributed by atoms with Gasteiger partial charge < -0.3 is 9.26 Å². The number of benzene rings is 1. The van der Waals surface area contributed by atoms with Crippen LogP contribution in [0.15, 0.2) is 39.9 Å². The Bertz CT molecular complexity index is 896. The molecule has 0 amide bonds. The van der Waals surface area contributed by atoms with E-state index in [2.05, 4.69) is 15.1 Å². The molecule has 0 bridgehead atoms. The molecule has 7 heteroatoms. The van der Waals surface area contributed by atoms with Gasteiger partial charge in [0.2, 0.25) is 5.89 Å². The monoisotopic (exact) mass is 326 g/mol. The van der Waals surface area contributed by atoms with E-state index in [0.29, 0.717) is 30.8 Å². The fourth-order valence-electron chi connectivity index (χ4n) is 2.94. The van der Waals surface area contributed by atoms with E-state index in [1.165, 1.54) is 0 Å². The Morgan fingerprint density at radius 2 is 2.21 bits per heavy atom. The molecule has 124 valence electrons. The first-order valence-corrected chi connectivity index (χ1v) is 8.15. The summed E-state index contributed by atoms with van der Waals surface area (Å²) in [4.78, 5) is 21.2. The van der Waals surface area contributed by atoms with Crippen LogP contribution in [0.3, 0.4) is 0 Å². The lowest BCUT2D eigenvalue weighted by molar-refractivity contribution is 0.192. The Morgan fingerprint density at radius 1 is 1.29 bits per heavy atom. The number of ether oxygens (including phenoxy) is 1. The van der Waals surface area contributed by atoms with Gasteiger partial charge in [0, 0.05) is 25.5 Å². The highest BCUT2D eigenvalue weighted by Crippen LogP contribution is 2.22. The number of para-hydroxylation sites is 1. The van der Waals surface area contributed by atoms with Gasteiger partial charge >= 0.3 is 0 Å². The summed E-state index contributed by atoms with van der Waals surface area (Å²) < 4.78 is 12.3. The predicted octanol–water partition coefficient (Wildman–Crippen LogP) is 1.92. The van der Waals surface area contributed by atoms with Gasteiger partial charge in [-0.25, -0.2) is 4.98 Å². The Balaban J connectivity index is 1.40. The Morgan fingerprint density at radius 3 is 3.08 bits per heavy atom. The van der Waals surface area contributed by atoms with Crippen LogP contribution < -0.4 is 5.56 Å². The Hall–Kier alpha value is -2.54. The van der Waals surface area contributed by atoms with Gasteiger partial charge in [0.15, 0.2) is 5.82 Å². The molecule has 1 atom stereocenters. The molecular formula is C17H18N4O3. The van der Waals surface area contributed by atoms with Crippen molar-refractivity contribution < 1.29 is 9.26 Å². The minimum atomic E-state index is -0.0186. The van der Waals surface area contributed by atoms with Gasteiger partial charge in [-0.3, -0.25) is 9.36 Å². The third-order valence-corrected chi connectivity index (χ3v) is 4.30. The maximum Gasteiger partial charge on any atom is 0.261 e. The molecule has 1 aliphatic heterocycles. The van der Waals surface area contributed by atoms with Crippen molar-refractivity contribution in [2.45, 2.75) is 31.7 Å². The maximum atomic E-state index is 12.4. The molecular weight excluding hydrogens is 308 g/mol. The second-order valence-corrected chi connectivity index (χ2v) is 5.97. The van der Waals surface area contributed by atoms with Crippen LogP contribution in [-0.4, -0.2) is 32.9 Å². The third-order valence-electron chi connectivity index (χ3n) is 4.30. The predicted molar refractivity (Wildman–Crippen MR) is 86.8 cm³/mol. The molecule has 0 saturated carbocycles. The number of rotatable bonds is 5. The number of hydrogen-bond acceptors (Lipinski definition) is 6. The number of aromatic nitrogens is 4. The standard InChI is InChI=1S/C17H18N4O3/c22-17-13-4-1-2-5-14(13)18-11-21(17)8-3-6-15-19-16(20-24-15)12-7-9-23-10-12/h1-2,4-5,11-12H,3,6-10H2/t12-/m1/s1. The van der Waals surface area contributed by atoms with E-state index in [1.54, 1.807) is 17.0 Å². The van der Waals surface area contributed by atoms with Gasteiger partial charge in [-0.05, 0) is 25.0 Å². The third kappa shape index (κ3) is 2.94. The first-order valence-electron chi connectivity index (χ1n) is 8.15. The zero-order valence-electron chi connectivity index (χ0n) is 13.2. The van der Waals surface area contributed by atoms with Crippen LogP contribution >= 0.6 is 0 Å². The van der Waals surface area contributed by atoms with E-state index in [4.69, 9.17) is 9.26 Å². The van der Waals surface area contributed by atoms with Crippen molar-refractivity contribution in [2.75, 3.05) is 13.2 Å². The van der Waals surface area contributed by atoms with E-state index in [1.807, 2.05) is 18.2 Å². The van der Waals surface area contributed by atoms with Crippen molar-refractivity contribution in [2.24, 2.45) is 0 Å². The van der Waals surface area contributed by atoms with Gasteiger partial charge in [-0.2, -0.15) is 4.98 Å². The van der Waals surface area contributed by atoms with Crippen LogP contribution in [0.1, 0.15) is 30.5 Å². The minimum absolute atomic E-state index is 0.0186. The highest BCUT2D eigenvalue weighted by Gasteiger charge is 2.22. The van der Waals surface area contributed by atoms with Crippen molar-refractivity contribution in [1.82, 2.24) is 19.7 Å². The molecule has 0 spiro atoms. The average Bonchev–Trinajstić information content (AvgIpc) is 3.28. The van der Waals surface area contributed by atoms with E-state index < -0.39 is 0 Å². The highest BCUT2D eigenvalue weighted by molar-refractivity contribution is 5.76. The zero-order valence-corrected chi connectivity index (χ0v) is 13.2. The van der Waals surface area contributed by atoms with Crippen LogP contribution in [0.25, 0.3) is 10.9 Å². The second kappa shape index (κ2) is 6.52. The van der Waals surface area contributed by atoms with Crippen molar-refractivity contribution in [1.29, 1.82) is 0 Å². The van der Waals surface area contributed by atoms with Crippen molar-refractivity contribution >= 4 is 10.9 Å². The highest BCUT2D eigenvalue weighted by atomic mass is 16.5. The Labute approximate surface area is 138 Å². The summed E-state index contributed by atoms with van der Waals surface area (Å²) in [5.74, 6) is 1.58. The summed E-state index contributed by atoms with van der Waals surface area (Å²) >= 11 is 0. The molecule has 0 radical (unpaired) electrons. The van der Waals surface area contributed by atoms with E-state index in [0.717, 1.165) is 30.8 Å². The summed E-state index contributed by atoms with van der Waals surface area (Å²) in [5, 5.41) is 4.68.